The van der Waals surface area contributed by atoms with E-state index in [9.17, 15) is 0 Å². The molecule has 1 N–H and O–H groups in total. The summed E-state index contributed by atoms with van der Waals surface area (Å²) in [6, 6.07) is 6.40. The fraction of sp³-hybridized carbons (Fsp3) is 0.333. The van der Waals surface area contributed by atoms with E-state index in [1.165, 1.54) is 25.0 Å². The summed E-state index contributed by atoms with van der Waals surface area (Å²) < 4.78 is 2.57. The van der Waals surface area contributed by atoms with Crippen LogP contribution in [0.25, 0.3) is 10.1 Å². The monoisotopic (exact) mass is 283 g/mol. The molecule has 0 saturated heterocycles. The van der Waals surface area contributed by atoms with Crippen molar-refractivity contribution in [3.05, 3.63) is 33.1 Å². The van der Waals surface area contributed by atoms with Crippen LogP contribution in [0.4, 0.5) is 0 Å². The summed E-state index contributed by atoms with van der Waals surface area (Å²) in [6.07, 6.45) is 0. The van der Waals surface area contributed by atoms with Crippen LogP contribution in [0.2, 0.25) is 0 Å². The van der Waals surface area contributed by atoms with Gasteiger partial charge in [-0.25, -0.2) is 0 Å². The fourth-order valence-corrected chi connectivity index (χ4v) is 3.45. The normalized spacial score (nSPS) is 11.1. The van der Waals surface area contributed by atoms with Gasteiger partial charge in [-0.05, 0) is 46.4 Å². The Morgan fingerprint density at radius 3 is 2.87 bits per heavy atom. The number of nitrogens with one attached hydrogen (secondary N) is 1. The molecule has 2 aromatic rings. The molecule has 0 saturated carbocycles. The Kier molecular flexibility index (Phi) is 3.44. The molecule has 15 heavy (non-hydrogen) atoms. The third-order valence-electron chi connectivity index (χ3n) is 2.55. The third kappa shape index (κ3) is 2.10. The highest BCUT2D eigenvalue weighted by Crippen LogP contribution is 2.35. The number of aryl methyl sites for hydroxylation is 1. The lowest BCUT2D eigenvalue weighted by Crippen LogP contribution is -2.11. The molecular weight excluding hydrogens is 270 g/mol. The van der Waals surface area contributed by atoms with Gasteiger partial charge >= 0.3 is 0 Å². The molecule has 3 heteroatoms. The molecule has 0 radical (unpaired) electrons. The molecule has 0 aliphatic carbocycles. The summed E-state index contributed by atoms with van der Waals surface area (Å²) in [5, 5.41) is 4.76. The van der Waals surface area contributed by atoms with Crippen molar-refractivity contribution < 1.29 is 0 Å². The van der Waals surface area contributed by atoms with Crippen LogP contribution in [0.1, 0.15) is 17.4 Å². The summed E-state index contributed by atoms with van der Waals surface area (Å²) in [5.74, 6) is 0. The number of thiophene rings is 1. The summed E-state index contributed by atoms with van der Waals surface area (Å²) in [4.78, 5) is 1.44. The second-order valence-corrected chi connectivity index (χ2v) is 5.51. The molecule has 2 rings (SSSR count). The average molecular weight is 284 g/mol. The molecule has 0 aliphatic heterocycles. The second-order valence-electron chi connectivity index (χ2n) is 3.55. The number of benzene rings is 1. The van der Waals surface area contributed by atoms with Gasteiger partial charge < -0.3 is 5.32 Å². The van der Waals surface area contributed by atoms with Gasteiger partial charge in [-0.15, -0.1) is 11.3 Å². The standard InChI is InChI=1S/C12H14BrNS/c1-3-14-7-11-8(2)9-5-4-6-10(13)12(9)15-11/h4-6,14H,3,7H2,1-2H3. The number of halogens is 1. The molecule has 80 valence electrons. The lowest BCUT2D eigenvalue weighted by atomic mass is 10.1. The minimum Gasteiger partial charge on any atom is -0.312 e. The number of hydrogen-bond donors (Lipinski definition) is 1. The molecule has 1 nitrogen and oxygen atoms in total. The molecular formula is C12H14BrNS. The fourth-order valence-electron chi connectivity index (χ4n) is 1.67. The zero-order valence-corrected chi connectivity index (χ0v) is 11.3. The van der Waals surface area contributed by atoms with Gasteiger partial charge in [-0.1, -0.05) is 19.1 Å². The number of hydrogen-bond acceptors (Lipinski definition) is 2. The van der Waals surface area contributed by atoms with E-state index in [4.69, 9.17) is 0 Å². The van der Waals surface area contributed by atoms with Crippen molar-refractivity contribution in [2.75, 3.05) is 6.54 Å². The van der Waals surface area contributed by atoms with Gasteiger partial charge in [0.05, 0.1) is 0 Å². The van der Waals surface area contributed by atoms with Crippen LogP contribution in [-0.2, 0) is 6.54 Å². The third-order valence-corrected chi connectivity index (χ3v) is 4.81. The first-order valence-electron chi connectivity index (χ1n) is 5.11. The van der Waals surface area contributed by atoms with Crippen LogP contribution in [0, 0.1) is 6.92 Å². The van der Waals surface area contributed by atoms with E-state index in [0.717, 1.165) is 13.1 Å². The van der Waals surface area contributed by atoms with E-state index in [-0.39, 0.29) is 0 Å². The zero-order valence-electron chi connectivity index (χ0n) is 8.93. The largest absolute Gasteiger partial charge is 0.312 e. The van der Waals surface area contributed by atoms with Crippen molar-refractivity contribution in [3.8, 4) is 0 Å². The predicted molar refractivity (Wildman–Crippen MR) is 71.6 cm³/mol. The van der Waals surface area contributed by atoms with Crippen molar-refractivity contribution in [2.24, 2.45) is 0 Å². The smallest absolute Gasteiger partial charge is 0.0491 e. The number of rotatable bonds is 3. The summed E-state index contributed by atoms with van der Waals surface area (Å²) >= 11 is 5.48. The molecule has 0 atom stereocenters. The number of fused-ring (bicyclic) bond motifs is 1. The molecule has 0 unspecified atom stereocenters. The van der Waals surface area contributed by atoms with E-state index in [2.05, 4.69) is 53.3 Å². The van der Waals surface area contributed by atoms with Gasteiger partial charge in [-0.2, -0.15) is 0 Å². The van der Waals surface area contributed by atoms with Gasteiger partial charge in [-0.3, -0.25) is 0 Å². The first-order chi connectivity index (χ1) is 7.24. The molecule has 1 aromatic heterocycles. The average Bonchev–Trinajstić information content (AvgIpc) is 2.55. The van der Waals surface area contributed by atoms with Crippen LogP contribution in [0.5, 0.6) is 0 Å². The van der Waals surface area contributed by atoms with E-state index >= 15 is 0 Å². The Balaban J connectivity index is 2.49. The van der Waals surface area contributed by atoms with Gasteiger partial charge in [0.2, 0.25) is 0 Å². The topological polar surface area (TPSA) is 12.0 Å². The molecule has 0 spiro atoms. The van der Waals surface area contributed by atoms with Crippen LogP contribution in [0.3, 0.4) is 0 Å². The van der Waals surface area contributed by atoms with E-state index in [1.54, 1.807) is 0 Å². The van der Waals surface area contributed by atoms with E-state index < -0.39 is 0 Å². The minimum absolute atomic E-state index is 0.980. The lowest BCUT2D eigenvalue weighted by Gasteiger charge is -1.99. The van der Waals surface area contributed by atoms with Crippen LogP contribution >= 0.6 is 27.3 Å². The Labute approximate surface area is 103 Å². The molecule has 1 aromatic carbocycles. The highest BCUT2D eigenvalue weighted by molar-refractivity contribution is 9.10. The highest BCUT2D eigenvalue weighted by atomic mass is 79.9. The zero-order chi connectivity index (χ0) is 10.8. The van der Waals surface area contributed by atoms with Crippen LogP contribution < -0.4 is 5.32 Å². The Hall–Kier alpha value is -0.380. The highest BCUT2D eigenvalue weighted by Gasteiger charge is 2.09. The van der Waals surface area contributed by atoms with Crippen molar-refractivity contribution in [2.45, 2.75) is 20.4 Å². The molecule has 0 fully saturated rings. The first-order valence-corrected chi connectivity index (χ1v) is 6.72. The molecule has 0 amide bonds. The predicted octanol–water partition coefficient (Wildman–Crippen LogP) is 4.08. The lowest BCUT2D eigenvalue weighted by molar-refractivity contribution is 0.733. The first kappa shape index (κ1) is 11.1. The quantitative estimate of drug-likeness (QED) is 0.895. The summed E-state index contributed by atoms with van der Waals surface area (Å²) in [5.41, 5.74) is 1.41. The minimum atomic E-state index is 0.980. The SMILES string of the molecule is CCNCc1sc2c(Br)cccc2c1C. The Bertz CT molecular complexity index is 476. The maximum absolute atomic E-state index is 3.60. The molecule has 0 aliphatic rings. The van der Waals surface area contributed by atoms with Gasteiger partial charge in [0, 0.05) is 20.6 Å². The van der Waals surface area contributed by atoms with E-state index in [0.29, 0.717) is 0 Å². The summed E-state index contributed by atoms with van der Waals surface area (Å²) in [7, 11) is 0. The van der Waals surface area contributed by atoms with E-state index in [1.807, 2.05) is 11.3 Å². The van der Waals surface area contributed by atoms with Crippen molar-refractivity contribution in [1.29, 1.82) is 0 Å². The van der Waals surface area contributed by atoms with Crippen LogP contribution in [0.15, 0.2) is 22.7 Å². The van der Waals surface area contributed by atoms with Crippen molar-refractivity contribution >= 4 is 37.4 Å². The van der Waals surface area contributed by atoms with Crippen molar-refractivity contribution in [3.63, 3.8) is 0 Å². The van der Waals surface area contributed by atoms with Gasteiger partial charge in [0.25, 0.3) is 0 Å². The maximum Gasteiger partial charge on any atom is 0.0491 e. The van der Waals surface area contributed by atoms with Gasteiger partial charge in [0.1, 0.15) is 0 Å². The molecule has 0 bridgehead atoms. The van der Waals surface area contributed by atoms with Crippen LogP contribution in [-0.4, -0.2) is 6.54 Å². The second kappa shape index (κ2) is 4.64. The Morgan fingerprint density at radius 1 is 1.40 bits per heavy atom. The Morgan fingerprint density at radius 2 is 2.20 bits per heavy atom. The van der Waals surface area contributed by atoms with Gasteiger partial charge in [0.15, 0.2) is 0 Å². The summed E-state index contributed by atoms with van der Waals surface area (Å²) in [6.45, 7) is 6.35. The molecule has 1 heterocycles. The van der Waals surface area contributed by atoms with Crippen molar-refractivity contribution in [1.82, 2.24) is 5.32 Å². The maximum atomic E-state index is 3.60.